The van der Waals surface area contributed by atoms with Gasteiger partial charge in [0.25, 0.3) is 0 Å². The van der Waals surface area contributed by atoms with Crippen LogP contribution < -0.4 is 4.72 Å². The van der Waals surface area contributed by atoms with Crippen molar-refractivity contribution in [3.05, 3.63) is 60.2 Å². The lowest BCUT2D eigenvalue weighted by molar-refractivity contribution is 0.552. The van der Waals surface area contributed by atoms with Gasteiger partial charge in [0.2, 0.25) is 10.0 Å². The van der Waals surface area contributed by atoms with Crippen LogP contribution in [0.4, 0.5) is 0 Å². The van der Waals surface area contributed by atoms with Gasteiger partial charge in [-0.3, -0.25) is 4.68 Å². The predicted molar refractivity (Wildman–Crippen MR) is 95.1 cm³/mol. The molecule has 7 nitrogen and oxygen atoms in total. The van der Waals surface area contributed by atoms with Crippen molar-refractivity contribution >= 4 is 10.0 Å². The van der Waals surface area contributed by atoms with E-state index in [0.29, 0.717) is 30.9 Å². The number of para-hydroxylation sites is 1. The number of rotatable bonds is 7. The Morgan fingerprint density at radius 3 is 2.56 bits per heavy atom. The largest absolute Gasteiger partial charge is 0.273 e. The molecule has 0 aliphatic carbocycles. The number of benzene rings is 1. The van der Waals surface area contributed by atoms with Crippen LogP contribution in [0.2, 0.25) is 0 Å². The molecule has 0 atom stereocenters. The lowest BCUT2D eigenvalue weighted by Gasteiger charge is -2.08. The Kier molecular flexibility index (Phi) is 5.00. The summed E-state index contributed by atoms with van der Waals surface area (Å²) in [4.78, 5) is 0.246. The van der Waals surface area contributed by atoms with Crippen LogP contribution in [0.3, 0.4) is 0 Å². The van der Waals surface area contributed by atoms with Crippen molar-refractivity contribution in [2.24, 2.45) is 0 Å². The molecular formula is C17H21N5O2S. The van der Waals surface area contributed by atoms with Crippen molar-refractivity contribution in [2.75, 3.05) is 6.54 Å². The molecule has 0 spiro atoms. The average molecular weight is 359 g/mol. The first kappa shape index (κ1) is 17.4. The van der Waals surface area contributed by atoms with Crippen LogP contribution in [0.1, 0.15) is 17.8 Å². The Morgan fingerprint density at radius 2 is 1.88 bits per heavy atom. The van der Waals surface area contributed by atoms with Gasteiger partial charge in [-0.25, -0.2) is 17.8 Å². The lowest BCUT2D eigenvalue weighted by Crippen LogP contribution is -2.26. The maximum absolute atomic E-state index is 12.7. The fraction of sp³-hybridized carbons (Fsp3) is 0.294. The summed E-state index contributed by atoms with van der Waals surface area (Å²) in [5.74, 6) is 0. The molecule has 3 aromatic rings. The van der Waals surface area contributed by atoms with Crippen molar-refractivity contribution in [1.29, 1.82) is 0 Å². The second kappa shape index (κ2) is 7.20. The van der Waals surface area contributed by atoms with Crippen LogP contribution in [0, 0.1) is 13.8 Å². The van der Waals surface area contributed by atoms with E-state index in [0.717, 1.165) is 5.69 Å². The zero-order valence-corrected chi connectivity index (χ0v) is 15.1. The van der Waals surface area contributed by atoms with E-state index in [1.807, 2.05) is 42.6 Å². The van der Waals surface area contributed by atoms with Gasteiger partial charge in [0, 0.05) is 25.5 Å². The van der Waals surface area contributed by atoms with Crippen LogP contribution in [-0.2, 0) is 16.6 Å². The zero-order chi connectivity index (χ0) is 17.9. The monoisotopic (exact) mass is 359 g/mol. The lowest BCUT2D eigenvalue weighted by atomic mass is 10.3. The molecule has 2 aromatic heterocycles. The topological polar surface area (TPSA) is 81.8 Å². The van der Waals surface area contributed by atoms with Crippen molar-refractivity contribution in [3.8, 4) is 5.69 Å². The Bertz CT molecular complexity index is 931. The van der Waals surface area contributed by atoms with E-state index in [9.17, 15) is 8.42 Å². The minimum absolute atomic E-state index is 0.246. The highest BCUT2D eigenvalue weighted by Crippen LogP contribution is 2.22. The predicted octanol–water partition coefficient (Wildman–Crippen LogP) is 2.05. The molecule has 8 heteroatoms. The van der Waals surface area contributed by atoms with E-state index in [2.05, 4.69) is 14.9 Å². The van der Waals surface area contributed by atoms with Crippen LogP contribution in [0.5, 0.6) is 0 Å². The van der Waals surface area contributed by atoms with Gasteiger partial charge >= 0.3 is 0 Å². The first-order valence-electron chi connectivity index (χ1n) is 8.08. The minimum atomic E-state index is -3.61. The van der Waals surface area contributed by atoms with Gasteiger partial charge < -0.3 is 0 Å². The maximum atomic E-state index is 12.7. The van der Waals surface area contributed by atoms with Gasteiger partial charge in [-0.05, 0) is 38.5 Å². The van der Waals surface area contributed by atoms with Crippen LogP contribution >= 0.6 is 0 Å². The third-order valence-electron chi connectivity index (χ3n) is 3.91. The van der Waals surface area contributed by atoms with Gasteiger partial charge in [-0.15, -0.1) is 0 Å². The van der Waals surface area contributed by atoms with Crippen LogP contribution in [0.25, 0.3) is 5.69 Å². The van der Waals surface area contributed by atoms with Crippen molar-refractivity contribution in [2.45, 2.75) is 31.7 Å². The molecule has 132 valence electrons. The van der Waals surface area contributed by atoms with Crippen molar-refractivity contribution < 1.29 is 8.42 Å². The number of aromatic nitrogens is 4. The summed E-state index contributed by atoms with van der Waals surface area (Å²) in [7, 11) is -3.61. The van der Waals surface area contributed by atoms with E-state index in [-0.39, 0.29) is 4.90 Å². The van der Waals surface area contributed by atoms with E-state index in [4.69, 9.17) is 0 Å². The average Bonchev–Trinajstić information content (AvgIpc) is 3.20. The number of sulfonamides is 1. The van der Waals surface area contributed by atoms with Crippen LogP contribution in [0.15, 0.2) is 53.7 Å². The summed E-state index contributed by atoms with van der Waals surface area (Å²) in [5.41, 5.74) is 1.92. The number of hydrogen-bond donors (Lipinski definition) is 1. The molecule has 0 radical (unpaired) electrons. The second-order valence-corrected chi connectivity index (χ2v) is 7.47. The molecule has 3 rings (SSSR count). The Morgan fingerprint density at radius 1 is 1.12 bits per heavy atom. The molecule has 0 fully saturated rings. The summed E-state index contributed by atoms with van der Waals surface area (Å²) < 4.78 is 31.5. The number of nitrogens with one attached hydrogen (secondary N) is 1. The van der Waals surface area contributed by atoms with E-state index >= 15 is 0 Å². The number of nitrogens with zero attached hydrogens (tertiary/aromatic N) is 4. The Hall–Kier alpha value is -2.45. The van der Waals surface area contributed by atoms with E-state index < -0.39 is 10.0 Å². The zero-order valence-electron chi connectivity index (χ0n) is 14.3. The van der Waals surface area contributed by atoms with Crippen molar-refractivity contribution in [1.82, 2.24) is 24.3 Å². The molecule has 0 unspecified atom stereocenters. The molecule has 0 amide bonds. The number of aryl methyl sites for hydroxylation is 2. The summed E-state index contributed by atoms with van der Waals surface area (Å²) in [6.45, 7) is 4.49. The van der Waals surface area contributed by atoms with Crippen molar-refractivity contribution in [3.63, 3.8) is 0 Å². The normalized spacial score (nSPS) is 11.8. The highest BCUT2D eigenvalue weighted by molar-refractivity contribution is 7.89. The summed E-state index contributed by atoms with van der Waals surface area (Å²) in [5, 5.41) is 8.50. The van der Waals surface area contributed by atoms with Gasteiger partial charge in [0.1, 0.15) is 4.90 Å². The SMILES string of the molecule is Cc1nn(-c2ccccc2)c(C)c1S(=O)(=O)NCCCn1cccn1. The Balaban J connectivity index is 1.74. The smallest absolute Gasteiger partial charge is 0.244 e. The van der Waals surface area contributed by atoms with Gasteiger partial charge in [-0.1, -0.05) is 18.2 Å². The highest BCUT2D eigenvalue weighted by atomic mass is 32.2. The van der Waals surface area contributed by atoms with Gasteiger partial charge in [0.05, 0.1) is 17.1 Å². The fourth-order valence-corrected chi connectivity index (χ4v) is 4.25. The van der Waals surface area contributed by atoms with E-state index in [1.54, 1.807) is 29.4 Å². The second-order valence-electron chi connectivity index (χ2n) is 5.77. The number of hydrogen-bond acceptors (Lipinski definition) is 4. The molecule has 0 aliphatic rings. The summed E-state index contributed by atoms with van der Waals surface area (Å²) in [6, 6.07) is 11.3. The summed E-state index contributed by atoms with van der Waals surface area (Å²) >= 11 is 0. The molecule has 1 aromatic carbocycles. The molecule has 0 saturated heterocycles. The maximum Gasteiger partial charge on any atom is 0.244 e. The summed E-state index contributed by atoms with van der Waals surface area (Å²) in [6.07, 6.45) is 4.22. The van der Waals surface area contributed by atoms with Gasteiger partial charge in [0.15, 0.2) is 0 Å². The molecule has 0 bridgehead atoms. The third kappa shape index (κ3) is 3.80. The first-order valence-corrected chi connectivity index (χ1v) is 9.56. The molecular weight excluding hydrogens is 338 g/mol. The molecule has 0 aliphatic heterocycles. The molecule has 25 heavy (non-hydrogen) atoms. The molecule has 1 N–H and O–H groups in total. The molecule has 2 heterocycles. The first-order chi connectivity index (χ1) is 12.0. The fourth-order valence-electron chi connectivity index (χ4n) is 2.79. The quantitative estimate of drug-likeness (QED) is 0.655. The highest BCUT2D eigenvalue weighted by Gasteiger charge is 2.24. The minimum Gasteiger partial charge on any atom is -0.273 e. The standard InChI is InChI=1S/C17H21N5O2S/c1-14-17(15(2)22(20-14)16-8-4-3-5-9-16)25(23,24)19-11-7-13-21-12-6-10-18-21/h3-6,8-10,12,19H,7,11,13H2,1-2H3. The van der Waals surface area contributed by atoms with Gasteiger partial charge in [-0.2, -0.15) is 10.2 Å². The third-order valence-corrected chi connectivity index (χ3v) is 5.62. The van der Waals surface area contributed by atoms with E-state index in [1.165, 1.54) is 0 Å². The molecule has 0 saturated carbocycles. The Labute approximate surface area is 147 Å². The van der Waals surface area contributed by atoms with Crippen LogP contribution in [-0.4, -0.2) is 34.5 Å².